The molecule has 1 unspecified atom stereocenters. The number of likely N-dealkylation sites (tertiary alicyclic amines) is 1. The van der Waals surface area contributed by atoms with E-state index in [9.17, 15) is 9.59 Å². The summed E-state index contributed by atoms with van der Waals surface area (Å²) in [6.07, 6.45) is 9.58. The van der Waals surface area contributed by atoms with Crippen LogP contribution >= 0.6 is 0 Å². The van der Waals surface area contributed by atoms with E-state index >= 15 is 0 Å². The number of carbonyl (C=O) groups is 2. The molecule has 1 saturated heterocycles. The Labute approximate surface area is 168 Å². The van der Waals surface area contributed by atoms with Gasteiger partial charge < -0.3 is 15.0 Å². The van der Waals surface area contributed by atoms with Gasteiger partial charge in [0.1, 0.15) is 12.1 Å². The van der Waals surface area contributed by atoms with Crippen LogP contribution in [0, 0.1) is 5.41 Å². The molecule has 0 radical (unpaired) electrons. The van der Waals surface area contributed by atoms with E-state index < -0.39 is 5.41 Å². The summed E-state index contributed by atoms with van der Waals surface area (Å²) in [7, 11) is 0. The quantitative estimate of drug-likeness (QED) is 0.840. The number of nitrogens with zero attached hydrogens (tertiary/aromatic N) is 2. The molecule has 28 heavy (non-hydrogen) atoms. The summed E-state index contributed by atoms with van der Waals surface area (Å²) in [6, 6.07) is 3.45. The van der Waals surface area contributed by atoms with E-state index in [1.165, 1.54) is 19.3 Å². The zero-order valence-electron chi connectivity index (χ0n) is 17.4. The second-order valence-corrected chi connectivity index (χ2v) is 9.01. The van der Waals surface area contributed by atoms with Gasteiger partial charge in [-0.2, -0.15) is 0 Å². The largest absolute Gasteiger partial charge is 0.474 e. The summed E-state index contributed by atoms with van der Waals surface area (Å²) in [6.45, 7) is 6.74. The van der Waals surface area contributed by atoms with Crippen LogP contribution in [0.15, 0.2) is 18.3 Å². The third-order valence-electron chi connectivity index (χ3n) is 5.56. The van der Waals surface area contributed by atoms with Gasteiger partial charge >= 0.3 is 0 Å². The number of hydrogen-bond acceptors (Lipinski definition) is 4. The second-order valence-electron chi connectivity index (χ2n) is 9.01. The van der Waals surface area contributed by atoms with Gasteiger partial charge in [-0.05, 0) is 44.1 Å². The number of amides is 2. The van der Waals surface area contributed by atoms with E-state index in [0.717, 1.165) is 31.2 Å². The Morgan fingerprint density at radius 1 is 1.14 bits per heavy atom. The molecule has 2 fully saturated rings. The van der Waals surface area contributed by atoms with Crippen LogP contribution in [0.5, 0.6) is 5.88 Å². The van der Waals surface area contributed by atoms with E-state index in [4.69, 9.17) is 4.74 Å². The molecule has 3 rings (SSSR count). The van der Waals surface area contributed by atoms with Crippen LogP contribution in [-0.2, 0) is 16.1 Å². The average molecular weight is 388 g/mol. The lowest BCUT2D eigenvalue weighted by molar-refractivity contribution is -0.144. The number of ether oxygens (including phenoxy) is 1. The van der Waals surface area contributed by atoms with Gasteiger partial charge in [0.25, 0.3) is 0 Å². The first-order chi connectivity index (χ1) is 13.3. The van der Waals surface area contributed by atoms with Crippen LogP contribution in [0.3, 0.4) is 0 Å². The molecule has 1 saturated carbocycles. The molecule has 6 nitrogen and oxygen atoms in total. The van der Waals surface area contributed by atoms with Gasteiger partial charge in [-0.1, -0.05) is 33.3 Å². The molecule has 0 bridgehead atoms. The van der Waals surface area contributed by atoms with Crippen LogP contribution in [0.25, 0.3) is 0 Å². The van der Waals surface area contributed by atoms with Gasteiger partial charge in [0, 0.05) is 30.8 Å². The minimum absolute atomic E-state index is 0.0380. The van der Waals surface area contributed by atoms with Crippen molar-refractivity contribution in [3.63, 3.8) is 0 Å². The van der Waals surface area contributed by atoms with Crippen molar-refractivity contribution in [1.29, 1.82) is 0 Å². The molecule has 1 atom stereocenters. The first kappa shape index (κ1) is 20.6. The van der Waals surface area contributed by atoms with Crippen molar-refractivity contribution in [3.8, 4) is 5.88 Å². The number of carbonyl (C=O) groups excluding carboxylic acids is 2. The van der Waals surface area contributed by atoms with Crippen molar-refractivity contribution < 1.29 is 14.3 Å². The Balaban J connectivity index is 1.50. The summed E-state index contributed by atoms with van der Waals surface area (Å²) < 4.78 is 5.95. The second kappa shape index (κ2) is 8.93. The van der Waals surface area contributed by atoms with Crippen LogP contribution in [-0.4, -0.2) is 40.4 Å². The van der Waals surface area contributed by atoms with Crippen molar-refractivity contribution >= 4 is 11.8 Å². The Kier molecular flexibility index (Phi) is 6.57. The summed E-state index contributed by atoms with van der Waals surface area (Å²) in [5, 5.41) is 2.96. The Morgan fingerprint density at radius 2 is 1.89 bits per heavy atom. The Bertz CT molecular complexity index is 675. The summed E-state index contributed by atoms with van der Waals surface area (Å²) in [5.74, 6) is 0.605. The SMILES string of the molecule is CC(C)(C)C(=O)N1CCCC1C(=O)NCc1ccc(OC2CCCCC2)nc1. The molecule has 0 aromatic carbocycles. The van der Waals surface area contributed by atoms with Crippen molar-refractivity contribution in [3.05, 3.63) is 23.9 Å². The van der Waals surface area contributed by atoms with E-state index in [1.807, 2.05) is 32.9 Å². The zero-order chi connectivity index (χ0) is 20.1. The molecular formula is C22H33N3O3. The highest BCUT2D eigenvalue weighted by atomic mass is 16.5. The summed E-state index contributed by atoms with van der Waals surface area (Å²) >= 11 is 0. The van der Waals surface area contributed by atoms with Gasteiger partial charge in [-0.3, -0.25) is 9.59 Å². The van der Waals surface area contributed by atoms with Crippen LogP contribution < -0.4 is 10.1 Å². The lowest BCUT2D eigenvalue weighted by Gasteiger charge is -2.30. The Hall–Kier alpha value is -2.11. The fraction of sp³-hybridized carbons (Fsp3) is 0.682. The smallest absolute Gasteiger partial charge is 0.243 e. The van der Waals surface area contributed by atoms with Crippen LogP contribution in [0.2, 0.25) is 0 Å². The summed E-state index contributed by atoms with van der Waals surface area (Å²) in [5.41, 5.74) is 0.456. The van der Waals surface area contributed by atoms with Crippen molar-refractivity contribution in [1.82, 2.24) is 15.2 Å². The highest BCUT2D eigenvalue weighted by Gasteiger charge is 2.38. The minimum Gasteiger partial charge on any atom is -0.474 e. The predicted octanol–water partition coefficient (Wildman–Crippen LogP) is 3.45. The minimum atomic E-state index is -0.471. The molecule has 1 aliphatic heterocycles. The number of rotatable bonds is 5. The highest BCUT2D eigenvalue weighted by molar-refractivity contribution is 5.90. The van der Waals surface area contributed by atoms with Gasteiger partial charge in [-0.25, -0.2) is 4.98 Å². The van der Waals surface area contributed by atoms with Gasteiger partial charge in [0.05, 0.1) is 0 Å². The van der Waals surface area contributed by atoms with Crippen LogP contribution in [0.1, 0.15) is 71.3 Å². The third-order valence-corrected chi connectivity index (χ3v) is 5.56. The first-order valence-corrected chi connectivity index (χ1v) is 10.5. The molecule has 1 aromatic rings. The maximum Gasteiger partial charge on any atom is 0.243 e. The molecular weight excluding hydrogens is 354 g/mol. The summed E-state index contributed by atoms with van der Waals surface area (Å²) in [4.78, 5) is 31.3. The highest BCUT2D eigenvalue weighted by Crippen LogP contribution is 2.26. The molecule has 2 heterocycles. The molecule has 6 heteroatoms. The Morgan fingerprint density at radius 3 is 2.54 bits per heavy atom. The predicted molar refractivity (Wildman–Crippen MR) is 108 cm³/mol. The molecule has 1 N–H and O–H groups in total. The van der Waals surface area contributed by atoms with E-state index in [-0.39, 0.29) is 24.0 Å². The standard InChI is InChI=1S/C22H33N3O3/c1-22(2,3)21(27)25-13-7-10-18(25)20(26)24-15-16-11-12-19(23-14-16)28-17-8-5-4-6-9-17/h11-12,14,17-18H,4-10,13,15H2,1-3H3,(H,24,26). The molecule has 2 aliphatic rings. The van der Waals surface area contributed by atoms with Crippen molar-refractivity contribution in [2.45, 2.75) is 84.4 Å². The first-order valence-electron chi connectivity index (χ1n) is 10.5. The molecule has 0 spiro atoms. The monoisotopic (exact) mass is 387 g/mol. The van der Waals surface area contributed by atoms with Crippen molar-refractivity contribution in [2.24, 2.45) is 5.41 Å². The van der Waals surface area contributed by atoms with Crippen LogP contribution in [0.4, 0.5) is 0 Å². The fourth-order valence-electron chi connectivity index (χ4n) is 3.96. The molecule has 154 valence electrons. The number of hydrogen-bond donors (Lipinski definition) is 1. The number of nitrogens with one attached hydrogen (secondary N) is 1. The molecule has 1 aliphatic carbocycles. The van der Waals surface area contributed by atoms with Crippen molar-refractivity contribution in [2.75, 3.05) is 6.54 Å². The van der Waals surface area contributed by atoms with Gasteiger partial charge in [0.15, 0.2) is 0 Å². The maximum absolute atomic E-state index is 12.6. The number of aromatic nitrogens is 1. The average Bonchev–Trinajstić information content (AvgIpc) is 3.16. The molecule has 2 amide bonds. The van der Waals surface area contributed by atoms with Gasteiger partial charge in [-0.15, -0.1) is 0 Å². The lowest BCUT2D eigenvalue weighted by Crippen LogP contribution is -2.49. The van der Waals surface area contributed by atoms with E-state index in [1.54, 1.807) is 11.1 Å². The lowest BCUT2D eigenvalue weighted by atomic mass is 9.94. The van der Waals surface area contributed by atoms with E-state index in [2.05, 4.69) is 10.3 Å². The number of pyridine rings is 1. The zero-order valence-corrected chi connectivity index (χ0v) is 17.4. The maximum atomic E-state index is 12.6. The molecule has 1 aromatic heterocycles. The topological polar surface area (TPSA) is 71.5 Å². The van der Waals surface area contributed by atoms with Gasteiger partial charge in [0.2, 0.25) is 17.7 Å². The van der Waals surface area contributed by atoms with E-state index in [0.29, 0.717) is 19.0 Å². The normalized spacial score (nSPS) is 20.8. The fourth-order valence-corrected chi connectivity index (χ4v) is 3.96. The third kappa shape index (κ3) is 5.24.